The van der Waals surface area contributed by atoms with Crippen molar-refractivity contribution in [3.63, 3.8) is 0 Å². The van der Waals surface area contributed by atoms with Crippen LogP contribution in [-0.2, 0) is 11.3 Å². The summed E-state index contributed by atoms with van der Waals surface area (Å²) < 4.78 is 14.0. The van der Waals surface area contributed by atoms with E-state index in [9.17, 15) is 9.18 Å². The Hall–Kier alpha value is -1.62. The Morgan fingerprint density at radius 3 is 2.70 bits per heavy atom. The van der Waals surface area contributed by atoms with Crippen LogP contribution in [0.1, 0.15) is 25.8 Å². The molecule has 0 aliphatic carbocycles. The number of carbonyl (C=O) groups is 1. The maximum atomic E-state index is 14.0. The van der Waals surface area contributed by atoms with Gasteiger partial charge in [0.25, 0.3) is 0 Å². The number of halogens is 1. The molecule has 0 fully saturated rings. The minimum Gasteiger partial charge on any atom is -0.374 e. The number of hydrogen-bond donors (Lipinski definition) is 2. The predicted octanol–water partition coefficient (Wildman–Crippen LogP) is 1.90. The van der Waals surface area contributed by atoms with Gasteiger partial charge < -0.3 is 15.5 Å². The maximum absolute atomic E-state index is 14.0. The van der Waals surface area contributed by atoms with Gasteiger partial charge in [-0.2, -0.15) is 0 Å². The van der Waals surface area contributed by atoms with Gasteiger partial charge in [-0.1, -0.05) is 19.9 Å². The van der Waals surface area contributed by atoms with E-state index in [1.165, 1.54) is 6.07 Å². The standard InChI is InChI=1S/C15H24FN3O/c1-11(2)18-10-12-13(16)6-5-7-14(12)19(4)9-8-15(20)17-3/h5-7,11,18H,8-10H2,1-4H3,(H,17,20). The average Bonchev–Trinajstić information content (AvgIpc) is 2.42. The lowest BCUT2D eigenvalue weighted by atomic mass is 10.1. The molecule has 0 aromatic heterocycles. The van der Waals surface area contributed by atoms with Crippen molar-refractivity contribution in [1.29, 1.82) is 0 Å². The smallest absolute Gasteiger partial charge is 0.221 e. The SMILES string of the molecule is CNC(=O)CCN(C)c1cccc(F)c1CNC(C)C. The molecule has 0 aliphatic heterocycles. The van der Waals surface area contributed by atoms with Gasteiger partial charge in [-0.05, 0) is 12.1 Å². The molecular formula is C15H24FN3O. The first-order valence-electron chi connectivity index (χ1n) is 6.88. The molecule has 0 atom stereocenters. The number of rotatable bonds is 7. The highest BCUT2D eigenvalue weighted by molar-refractivity contribution is 5.76. The van der Waals surface area contributed by atoms with E-state index < -0.39 is 0 Å². The first kappa shape index (κ1) is 16.4. The van der Waals surface area contributed by atoms with E-state index in [2.05, 4.69) is 10.6 Å². The Kier molecular flexibility index (Phi) is 6.45. The fourth-order valence-electron chi connectivity index (χ4n) is 1.90. The highest BCUT2D eigenvalue weighted by Gasteiger charge is 2.13. The van der Waals surface area contributed by atoms with Crippen molar-refractivity contribution in [2.75, 3.05) is 25.5 Å². The maximum Gasteiger partial charge on any atom is 0.221 e. The molecular weight excluding hydrogens is 257 g/mol. The molecule has 20 heavy (non-hydrogen) atoms. The number of nitrogens with zero attached hydrogens (tertiary/aromatic N) is 1. The van der Waals surface area contributed by atoms with Gasteiger partial charge in [0.1, 0.15) is 5.82 Å². The molecule has 1 amide bonds. The molecule has 0 aliphatic rings. The Balaban J connectivity index is 2.81. The van der Waals surface area contributed by atoms with Gasteiger partial charge in [-0.15, -0.1) is 0 Å². The van der Waals surface area contributed by atoms with Crippen molar-refractivity contribution >= 4 is 11.6 Å². The molecule has 0 radical (unpaired) electrons. The molecule has 0 heterocycles. The first-order valence-corrected chi connectivity index (χ1v) is 6.88. The summed E-state index contributed by atoms with van der Waals surface area (Å²) in [5.41, 5.74) is 1.46. The summed E-state index contributed by atoms with van der Waals surface area (Å²) >= 11 is 0. The second-order valence-electron chi connectivity index (χ2n) is 5.12. The molecule has 0 bridgehead atoms. The Bertz CT molecular complexity index is 449. The Morgan fingerprint density at radius 1 is 1.40 bits per heavy atom. The summed E-state index contributed by atoms with van der Waals surface area (Å²) in [4.78, 5) is 13.2. The van der Waals surface area contributed by atoms with Gasteiger partial charge in [0.15, 0.2) is 0 Å². The second kappa shape index (κ2) is 7.85. The van der Waals surface area contributed by atoms with E-state index in [1.54, 1.807) is 13.1 Å². The highest BCUT2D eigenvalue weighted by Crippen LogP contribution is 2.22. The molecule has 0 unspecified atom stereocenters. The fraction of sp³-hybridized carbons (Fsp3) is 0.533. The van der Waals surface area contributed by atoms with E-state index in [1.807, 2.05) is 31.9 Å². The number of amides is 1. The molecule has 0 spiro atoms. The van der Waals surface area contributed by atoms with Crippen LogP contribution >= 0.6 is 0 Å². The summed E-state index contributed by atoms with van der Waals surface area (Å²) in [6.45, 7) is 5.08. The van der Waals surface area contributed by atoms with Crippen LogP contribution < -0.4 is 15.5 Å². The van der Waals surface area contributed by atoms with Crippen molar-refractivity contribution in [1.82, 2.24) is 10.6 Å². The molecule has 4 nitrogen and oxygen atoms in total. The fourth-order valence-corrected chi connectivity index (χ4v) is 1.90. The van der Waals surface area contributed by atoms with E-state index in [0.717, 1.165) is 5.69 Å². The van der Waals surface area contributed by atoms with Crippen LogP contribution in [0.2, 0.25) is 0 Å². The molecule has 1 aromatic rings. The van der Waals surface area contributed by atoms with Crippen LogP contribution in [0, 0.1) is 5.82 Å². The lowest BCUT2D eigenvalue weighted by Gasteiger charge is -2.23. The summed E-state index contributed by atoms with van der Waals surface area (Å²) in [5.74, 6) is -0.238. The third kappa shape index (κ3) is 4.81. The number of nitrogens with one attached hydrogen (secondary N) is 2. The third-order valence-electron chi connectivity index (χ3n) is 3.15. The quantitative estimate of drug-likeness (QED) is 0.802. The van der Waals surface area contributed by atoms with E-state index >= 15 is 0 Å². The number of anilines is 1. The van der Waals surface area contributed by atoms with Gasteiger partial charge in [0, 0.05) is 50.9 Å². The lowest BCUT2D eigenvalue weighted by Crippen LogP contribution is -2.28. The normalized spacial score (nSPS) is 10.7. The van der Waals surface area contributed by atoms with Crippen molar-refractivity contribution in [3.8, 4) is 0 Å². The largest absolute Gasteiger partial charge is 0.374 e. The lowest BCUT2D eigenvalue weighted by molar-refractivity contribution is -0.120. The average molecular weight is 281 g/mol. The molecule has 112 valence electrons. The van der Waals surface area contributed by atoms with Gasteiger partial charge >= 0.3 is 0 Å². The van der Waals surface area contributed by atoms with Crippen LogP contribution in [-0.4, -0.2) is 32.6 Å². The van der Waals surface area contributed by atoms with E-state index in [4.69, 9.17) is 0 Å². The zero-order valence-corrected chi connectivity index (χ0v) is 12.7. The Labute approximate surface area is 120 Å². The third-order valence-corrected chi connectivity index (χ3v) is 3.15. The van der Waals surface area contributed by atoms with Gasteiger partial charge in [0.2, 0.25) is 5.91 Å². The van der Waals surface area contributed by atoms with Crippen molar-refractivity contribution < 1.29 is 9.18 Å². The molecule has 1 rings (SSSR count). The number of hydrogen-bond acceptors (Lipinski definition) is 3. The minimum atomic E-state index is -0.220. The minimum absolute atomic E-state index is 0.0184. The number of carbonyl (C=O) groups excluding carboxylic acids is 1. The topological polar surface area (TPSA) is 44.4 Å². The zero-order chi connectivity index (χ0) is 15.1. The zero-order valence-electron chi connectivity index (χ0n) is 12.7. The van der Waals surface area contributed by atoms with E-state index in [0.29, 0.717) is 31.1 Å². The molecule has 2 N–H and O–H groups in total. The highest BCUT2D eigenvalue weighted by atomic mass is 19.1. The monoisotopic (exact) mass is 281 g/mol. The summed E-state index contributed by atoms with van der Waals surface area (Å²) in [6, 6.07) is 5.33. The van der Waals surface area contributed by atoms with Crippen LogP contribution in [0.15, 0.2) is 18.2 Å². The summed E-state index contributed by atoms with van der Waals surface area (Å²) in [6.07, 6.45) is 0.389. The second-order valence-corrected chi connectivity index (χ2v) is 5.12. The molecule has 5 heteroatoms. The predicted molar refractivity (Wildman–Crippen MR) is 80.3 cm³/mol. The Morgan fingerprint density at radius 2 is 2.10 bits per heavy atom. The van der Waals surface area contributed by atoms with Crippen LogP contribution in [0.3, 0.4) is 0 Å². The van der Waals surface area contributed by atoms with Crippen LogP contribution in [0.5, 0.6) is 0 Å². The van der Waals surface area contributed by atoms with Gasteiger partial charge in [-0.25, -0.2) is 4.39 Å². The first-order chi connectivity index (χ1) is 9.45. The van der Waals surface area contributed by atoms with Crippen molar-refractivity contribution in [2.24, 2.45) is 0 Å². The van der Waals surface area contributed by atoms with Gasteiger partial charge in [-0.3, -0.25) is 4.79 Å². The molecule has 0 saturated heterocycles. The number of benzene rings is 1. The molecule has 1 aromatic carbocycles. The van der Waals surface area contributed by atoms with Gasteiger partial charge in [0.05, 0.1) is 0 Å². The molecule has 0 saturated carbocycles. The summed E-state index contributed by atoms with van der Waals surface area (Å²) in [7, 11) is 3.49. The summed E-state index contributed by atoms with van der Waals surface area (Å²) in [5, 5.41) is 5.81. The van der Waals surface area contributed by atoms with Crippen molar-refractivity contribution in [3.05, 3.63) is 29.6 Å². The van der Waals surface area contributed by atoms with Crippen molar-refractivity contribution in [2.45, 2.75) is 32.9 Å². The van der Waals surface area contributed by atoms with Crippen LogP contribution in [0.4, 0.5) is 10.1 Å². The van der Waals surface area contributed by atoms with E-state index in [-0.39, 0.29) is 11.7 Å². The van der Waals surface area contributed by atoms with Crippen LogP contribution in [0.25, 0.3) is 0 Å².